The molecule has 4 heteroatoms. The maximum Gasteiger partial charge on any atom is 0.309 e. The molecule has 2 rings (SSSR count). The van der Waals surface area contributed by atoms with Gasteiger partial charge in [-0.2, -0.15) is 0 Å². The molecule has 1 aliphatic heterocycles. The number of hydrogen-bond donors (Lipinski definition) is 1. The average molecular weight is 238 g/mol. The molecule has 0 fully saturated rings. The smallest absolute Gasteiger partial charge is 0.309 e. The van der Waals surface area contributed by atoms with Gasteiger partial charge in [0.05, 0.1) is 12.0 Å². The molecule has 0 aromatic heterocycles. The molecule has 17 heavy (non-hydrogen) atoms. The summed E-state index contributed by atoms with van der Waals surface area (Å²) < 4.78 is 18.9. The first-order chi connectivity index (χ1) is 7.94. The highest BCUT2D eigenvalue weighted by molar-refractivity contribution is 5.75. The van der Waals surface area contributed by atoms with Gasteiger partial charge >= 0.3 is 5.97 Å². The zero-order valence-electron chi connectivity index (χ0n) is 9.87. The Morgan fingerprint density at radius 3 is 2.88 bits per heavy atom. The van der Waals surface area contributed by atoms with Gasteiger partial charge in [0, 0.05) is 11.5 Å². The van der Waals surface area contributed by atoms with Crippen molar-refractivity contribution in [2.24, 2.45) is 5.41 Å². The highest BCUT2D eigenvalue weighted by Crippen LogP contribution is 2.45. The molecule has 0 spiro atoms. The lowest BCUT2D eigenvalue weighted by molar-refractivity contribution is -0.148. The normalized spacial score (nSPS) is 19.4. The van der Waals surface area contributed by atoms with Gasteiger partial charge in [-0.15, -0.1) is 0 Å². The van der Waals surface area contributed by atoms with Gasteiger partial charge in [-0.25, -0.2) is 4.39 Å². The van der Waals surface area contributed by atoms with E-state index in [1.165, 1.54) is 6.07 Å². The number of hydrogen-bond acceptors (Lipinski definition) is 2. The standard InChI is InChI=1S/C13H15FO3/c1-13(2,12(15)16)9-6-7-17-11-8(9)4-3-5-10(11)14/h3-5,9H,6-7H2,1-2H3,(H,15,16). The number of carboxylic acid groups (broad SMARTS) is 1. The van der Waals surface area contributed by atoms with E-state index in [2.05, 4.69) is 0 Å². The van der Waals surface area contributed by atoms with Gasteiger partial charge in [0.25, 0.3) is 0 Å². The van der Waals surface area contributed by atoms with Crippen LogP contribution >= 0.6 is 0 Å². The summed E-state index contributed by atoms with van der Waals surface area (Å²) in [5, 5.41) is 9.25. The summed E-state index contributed by atoms with van der Waals surface area (Å²) in [6.45, 7) is 3.69. The van der Waals surface area contributed by atoms with Gasteiger partial charge < -0.3 is 9.84 Å². The summed E-state index contributed by atoms with van der Waals surface area (Å²) in [6.07, 6.45) is 0.593. The van der Waals surface area contributed by atoms with Crippen LogP contribution in [0.1, 0.15) is 31.7 Å². The van der Waals surface area contributed by atoms with Crippen LogP contribution in [0.15, 0.2) is 18.2 Å². The molecule has 1 unspecified atom stereocenters. The van der Waals surface area contributed by atoms with Crippen LogP contribution in [0, 0.1) is 11.2 Å². The fourth-order valence-electron chi connectivity index (χ4n) is 2.29. The van der Waals surface area contributed by atoms with Crippen LogP contribution in [-0.2, 0) is 4.79 Å². The van der Waals surface area contributed by atoms with E-state index < -0.39 is 17.2 Å². The highest BCUT2D eigenvalue weighted by atomic mass is 19.1. The Morgan fingerprint density at radius 2 is 2.24 bits per heavy atom. The summed E-state index contributed by atoms with van der Waals surface area (Å²) in [5.41, 5.74) is -0.268. The number of carboxylic acids is 1. The van der Waals surface area contributed by atoms with Crippen molar-refractivity contribution in [1.29, 1.82) is 0 Å². The van der Waals surface area contributed by atoms with Crippen LogP contribution in [-0.4, -0.2) is 17.7 Å². The Labute approximate surface area is 99.2 Å². The molecule has 0 saturated heterocycles. The summed E-state index contributed by atoms with van der Waals surface area (Å²) in [4.78, 5) is 11.3. The Kier molecular flexibility index (Phi) is 2.81. The minimum absolute atomic E-state index is 0.207. The van der Waals surface area contributed by atoms with Gasteiger partial charge in [0.2, 0.25) is 0 Å². The number of fused-ring (bicyclic) bond motifs is 1. The first kappa shape index (κ1) is 11.9. The van der Waals surface area contributed by atoms with Crippen molar-refractivity contribution in [3.63, 3.8) is 0 Å². The number of benzene rings is 1. The summed E-state index contributed by atoms with van der Waals surface area (Å²) in [6, 6.07) is 4.66. The number of aliphatic carboxylic acids is 1. The fraction of sp³-hybridized carbons (Fsp3) is 0.462. The second-order valence-corrected chi connectivity index (χ2v) is 4.87. The van der Waals surface area contributed by atoms with E-state index in [-0.39, 0.29) is 11.7 Å². The van der Waals surface area contributed by atoms with E-state index in [9.17, 15) is 14.3 Å². The van der Waals surface area contributed by atoms with E-state index in [4.69, 9.17) is 4.74 Å². The van der Waals surface area contributed by atoms with Gasteiger partial charge in [-0.1, -0.05) is 12.1 Å². The lowest BCUT2D eigenvalue weighted by Gasteiger charge is -2.35. The van der Waals surface area contributed by atoms with Gasteiger partial charge in [0.1, 0.15) is 0 Å². The van der Waals surface area contributed by atoms with E-state index in [1.807, 2.05) is 0 Å². The van der Waals surface area contributed by atoms with Crippen LogP contribution in [0.25, 0.3) is 0 Å². The van der Waals surface area contributed by atoms with Gasteiger partial charge in [-0.05, 0) is 26.3 Å². The fourth-order valence-corrected chi connectivity index (χ4v) is 2.29. The van der Waals surface area contributed by atoms with E-state index in [1.54, 1.807) is 26.0 Å². The highest BCUT2D eigenvalue weighted by Gasteiger charge is 2.41. The van der Waals surface area contributed by atoms with E-state index in [0.29, 0.717) is 18.6 Å². The number of halogens is 1. The maximum atomic E-state index is 13.6. The topological polar surface area (TPSA) is 46.5 Å². The largest absolute Gasteiger partial charge is 0.490 e. The number of para-hydroxylation sites is 1. The molecule has 0 saturated carbocycles. The average Bonchev–Trinajstić information content (AvgIpc) is 2.28. The number of ether oxygens (including phenoxy) is 1. The SMILES string of the molecule is CC(C)(C(=O)O)C1CCOc2c(F)cccc21. The first-order valence-electron chi connectivity index (χ1n) is 5.59. The molecule has 1 N–H and O–H groups in total. The monoisotopic (exact) mass is 238 g/mol. The van der Waals surface area contributed by atoms with Crippen LogP contribution < -0.4 is 4.74 Å². The van der Waals surface area contributed by atoms with Crippen molar-refractivity contribution in [3.8, 4) is 5.75 Å². The summed E-state index contributed by atoms with van der Waals surface area (Å²) >= 11 is 0. The molecule has 1 aromatic carbocycles. The Bertz CT molecular complexity index is 454. The number of carbonyl (C=O) groups is 1. The molecule has 1 atom stereocenters. The third-order valence-corrected chi connectivity index (χ3v) is 3.45. The summed E-state index contributed by atoms with van der Waals surface area (Å²) in [5.74, 6) is -1.31. The molecule has 1 aromatic rings. The minimum Gasteiger partial charge on any atom is -0.490 e. The van der Waals surface area contributed by atoms with Crippen LogP contribution in [0.5, 0.6) is 5.75 Å². The quantitative estimate of drug-likeness (QED) is 0.861. The third kappa shape index (κ3) is 1.88. The lowest BCUT2D eigenvalue weighted by Crippen LogP contribution is -2.34. The second-order valence-electron chi connectivity index (χ2n) is 4.87. The van der Waals surface area contributed by atoms with Crippen LogP contribution in [0.2, 0.25) is 0 Å². The predicted molar refractivity (Wildman–Crippen MR) is 60.7 cm³/mol. The number of rotatable bonds is 2. The molecule has 1 aliphatic rings. The summed E-state index contributed by atoms with van der Waals surface area (Å²) in [7, 11) is 0. The molecule has 3 nitrogen and oxygen atoms in total. The van der Waals surface area contributed by atoms with Crippen molar-refractivity contribution in [2.75, 3.05) is 6.61 Å². The maximum absolute atomic E-state index is 13.6. The van der Waals surface area contributed by atoms with Crippen molar-refractivity contribution < 1.29 is 19.0 Å². The van der Waals surface area contributed by atoms with Crippen molar-refractivity contribution >= 4 is 5.97 Å². The zero-order chi connectivity index (χ0) is 12.6. The van der Waals surface area contributed by atoms with Crippen LogP contribution in [0.3, 0.4) is 0 Å². The molecule has 0 amide bonds. The molecule has 0 aliphatic carbocycles. The molecule has 0 bridgehead atoms. The van der Waals surface area contributed by atoms with E-state index >= 15 is 0 Å². The Balaban J connectivity index is 2.49. The Morgan fingerprint density at radius 1 is 1.53 bits per heavy atom. The minimum atomic E-state index is -0.924. The van der Waals surface area contributed by atoms with Gasteiger partial charge in [-0.3, -0.25) is 4.79 Å². The Hall–Kier alpha value is -1.58. The van der Waals surface area contributed by atoms with Gasteiger partial charge in [0.15, 0.2) is 11.6 Å². The molecule has 0 radical (unpaired) electrons. The van der Waals surface area contributed by atoms with Crippen molar-refractivity contribution in [3.05, 3.63) is 29.6 Å². The van der Waals surface area contributed by atoms with Crippen molar-refractivity contribution in [2.45, 2.75) is 26.2 Å². The zero-order valence-corrected chi connectivity index (χ0v) is 9.87. The second kappa shape index (κ2) is 4.02. The first-order valence-corrected chi connectivity index (χ1v) is 5.59. The van der Waals surface area contributed by atoms with Crippen molar-refractivity contribution in [1.82, 2.24) is 0 Å². The molecule has 1 heterocycles. The molecule has 92 valence electrons. The lowest BCUT2D eigenvalue weighted by atomic mass is 9.72. The van der Waals surface area contributed by atoms with E-state index in [0.717, 1.165) is 0 Å². The predicted octanol–water partition coefficient (Wildman–Crippen LogP) is 2.80. The third-order valence-electron chi connectivity index (χ3n) is 3.45. The molecular weight excluding hydrogens is 223 g/mol. The van der Waals surface area contributed by atoms with Crippen LogP contribution in [0.4, 0.5) is 4.39 Å². The molecular formula is C13H15FO3.